The molecule has 128 valence electrons. The van der Waals surface area contributed by atoms with Crippen LogP contribution in [0.15, 0.2) is 58.4 Å². The van der Waals surface area contributed by atoms with Crippen LogP contribution in [0.3, 0.4) is 0 Å². The van der Waals surface area contributed by atoms with Gasteiger partial charge >= 0.3 is 0 Å². The van der Waals surface area contributed by atoms with E-state index in [0.29, 0.717) is 17.9 Å². The Morgan fingerprint density at radius 3 is 2.80 bits per heavy atom. The number of primary sulfonamides is 1. The topological polar surface area (TPSA) is 97.8 Å². The molecule has 3 heterocycles. The van der Waals surface area contributed by atoms with E-state index in [0.717, 1.165) is 24.2 Å². The maximum Gasteiger partial charge on any atom is 0.258 e. The summed E-state index contributed by atoms with van der Waals surface area (Å²) in [5.74, 6) is 0. The number of anilines is 1. The lowest BCUT2D eigenvalue weighted by Gasteiger charge is -2.19. The molecule has 4 rings (SSSR count). The average Bonchev–Trinajstić information content (AvgIpc) is 2.96. The number of benzene rings is 1. The monoisotopic (exact) mass is 356 g/mol. The van der Waals surface area contributed by atoms with Gasteiger partial charge in [0.2, 0.25) is 10.0 Å². The van der Waals surface area contributed by atoms with Crippen LogP contribution in [0.4, 0.5) is 5.69 Å². The molecule has 3 aromatic rings. The second-order valence-corrected chi connectivity index (χ2v) is 7.58. The lowest BCUT2D eigenvalue weighted by molar-refractivity contribution is 0.598. The molecule has 0 unspecified atom stereocenters. The summed E-state index contributed by atoms with van der Waals surface area (Å²) in [5, 5.41) is 5.23. The van der Waals surface area contributed by atoms with Crippen LogP contribution in [-0.4, -0.2) is 24.3 Å². The first-order valence-corrected chi connectivity index (χ1v) is 9.34. The molecule has 1 aliphatic heterocycles. The summed E-state index contributed by atoms with van der Waals surface area (Å²) in [6.45, 7) is 1.17. The normalized spacial score (nSPS) is 14.0. The third kappa shape index (κ3) is 2.90. The maximum absolute atomic E-state index is 12.2. The SMILES string of the molecule is NS(=O)(=O)c1ccc2c(c1)N(Cc1cc(=O)n3ccccc3n1)CC2. The molecule has 8 heteroatoms. The Hall–Kier alpha value is -2.71. The highest BCUT2D eigenvalue weighted by Gasteiger charge is 2.22. The van der Waals surface area contributed by atoms with Gasteiger partial charge in [0.25, 0.3) is 5.56 Å². The number of hydrogen-bond acceptors (Lipinski definition) is 5. The van der Waals surface area contributed by atoms with E-state index in [9.17, 15) is 13.2 Å². The van der Waals surface area contributed by atoms with Crippen molar-refractivity contribution in [1.82, 2.24) is 9.38 Å². The molecular formula is C17H16N4O3S. The molecule has 0 atom stereocenters. The molecule has 1 aromatic carbocycles. The van der Waals surface area contributed by atoms with Crippen LogP contribution in [0.1, 0.15) is 11.3 Å². The van der Waals surface area contributed by atoms with E-state index in [1.165, 1.54) is 16.5 Å². The van der Waals surface area contributed by atoms with E-state index in [2.05, 4.69) is 4.98 Å². The Balaban J connectivity index is 1.71. The number of sulfonamides is 1. The quantitative estimate of drug-likeness (QED) is 0.752. The van der Waals surface area contributed by atoms with Gasteiger partial charge in [-0.2, -0.15) is 0 Å². The minimum atomic E-state index is -3.75. The molecule has 0 saturated heterocycles. The molecule has 0 spiro atoms. The van der Waals surface area contributed by atoms with Crippen molar-refractivity contribution in [2.75, 3.05) is 11.4 Å². The van der Waals surface area contributed by atoms with Gasteiger partial charge < -0.3 is 4.90 Å². The van der Waals surface area contributed by atoms with E-state index in [4.69, 9.17) is 5.14 Å². The lowest BCUT2D eigenvalue weighted by Crippen LogP contribution is -2.23. The Kier molecular flexibility index (Phi) is 3.59. The van der Waals surface area contributed by atoms with E-state index in [-0.39, 0.29) is 10.5 Å². The van der Waals surface area contributed by atoms with Gasteiger partial charge in [-0.1, -0.05) is 12.1 Å². The van der Waals surface area contributed by atoms with E-state index < -0.39 is 10.0 Å². The van der Waals surface area contributed by atoms with Gasteiger partial charge in [-0.3, -0.25) is 9.20 Å². The predicted molar refractivity (Wildman–Crippen MR) is 94.0 cm³/mol. The third-order valence-electron chi connectivity index (χ3n) is 4.35. The predicted octanol–water partition coefficient (Wildman–Crippen LogP) is 0.905. The molecule has 0 amide bonds. The maximum atomic E-state index is 12.2. The summed E-state index contributed by atoms with van der Waals surface area (Å²) in [5.41, 5.74) is 2.97. The van der Waals surface area contributed by atoms with Gasteiger partial charge in [-0.05, 0) is 36.2 Å². The summed E-state index contributed by atoms with van der Waals surface area (Å²) < 4.78 is 24.7. The highest BCUT2D eigenvalue weighted by atomic mass is 32.2. The number of pyridine rings is 1. The summed E-state index contributed by atoms with van der Waals surface area (Å²) >= 11 is 0. The van der Waals surface area contributed by atoms with Crippen LogP contribution in [0.25, 0.3) is 5.65 Å². The van der Waals surface area contributed by atoms with E-state index in [1.54, 1.807) is 30.5 Å². The van der Waals surface area contributed by atoms with Crippen molar-refractivity contribution in [3.63, 3.8) is 0 Å². The summed E-state index contributed by atoms with van der Waals surface area (Å²) in [7, 11) is -3.75. The first kappa shape index (κ1) is 15.8. The van der Waals surface area contributed by atoms with Crippen molar-refractivity contribution in [3.8, 4) is 0 Å². The molecule has 1 aliphatic rings. The molecule has 2 aromatic heterocycles. The lowest BCUT2D eigenvalue weighted by atomic mass is 10.2. The largest absolute Gasteiger partial charge is 0.365 e. The van der Waals surface area contributed by atoms with Crippen LogP contribution >= 0.6 is 0 Å². The summed E-state index contributed by atoms with van der Waals surface area (Å²) in [6, 6.07) is 11.8. The standard InChI is InChI=1S/C17H16N4O3S/c18-25(23,24)14-5-4-12-6-8-20(15(12)10-14)11-13-9-17(22)21-7-2-1-3-16(21)19-13/h1-5,7,9-10H,6,8,11H2,(H2,18,23,24). The highest BCUT2D eigenvalue weighted by Crippen LogP contribution is 2.31. The van der Waals surface area contributed by atoms with Gasteiger partial charge in [0.1, 0.15) is 5.65 Å². The molecule has 7 nitrogen and oxygen atoms in total. The highest BCUT2D eigenvalue weighted by molar-refractivity contribution is 7.89. The van der Waals surface area contributed by atoms with Gasteiger partial charge in [0.05, 0.1) is 17.1 Å². The fraction of sp³-hybridized carbons (Fsp3) is 0.176. The van der Waals surface area contributed by atoms with Crippen LogP contribution < -0.4 is 15.6 Å². The van der Waals surface area contributed by atoms with Crippen molar-refractivity contribution >= 4 is 21.4 Å². The van der Waals surface area contributed by atoms with E-state index >= 15 is 0 Å². The van der Waals surface area contributed by atoms with E-state index in [1.807, 2.05) is 11.0 Å². The minimum Gasteiger partial charge on any atom is -0.365 e. The number of aromatic nitrogens is 2. The molecule has 0 fully saturated rings. The Bertz CT molecular complexity index is 1140. The number of nitrogens with two attached hydrogens (primary N) is 1. The van der Waals surface area contributed by atoms with Crippen molar-refractivity contribution in [1.29, 1.82) is 0 Å². The molecule has 25 heavy (non-hydrogen) atoms. The zero-order valence-corrected chi connectivity index (χ0v) is 14.1. The minimum absolute atomic E-state index is 0.0877. The van der Waals surface area contributed by atoms with Crippen LogP contribution in [0.2, 0.25) is 0 Å². The van der Waals surface area contributed by atoms with Gasteiger partial charge in [0.15, 0.2) is 0 Å². The van der Waals surface area contributed by atoms with Crippen molar-refractivity contribution in [2.24, 2.45) is 5.14 Å². The second-order valence-electron chi connectivity index (χ2n) is 6.02. The van der Waals surface area contributed by atoms with Crippen LogP contribution in [-0.2, 0) is 23.0 Å². The smallest absolute Gasteiger partial charge is 0.258 e. The number of nitrogens with zero attached hydrogens (tertiary/aromatic N) is 3. The molecular weight excluding hydrogens is 340 g/mol. The van der Waals surface area contributed by atoms with Gasteiger partial charge in [0, 0.05) is 24.5 Å². The number of rotatable bonds is 3. The zero-order valence-electron chi connectivity index (χ0n) is 13.3. The molecule has 0 radical (unpaired) electrons. The zero-order chi connectivity index (χ0) is 17.6. The summed E-state index contributed by atoms with van der Waals surface area (Å²) in [6.07, 6.45) is 2.49. The fourth-order valence-corrected chi connectivity index (χ4v) is 3.68. The molecule has 0 aliphatic carbocycles. The number of hydrogen-bond donors (Lipinski definition) is 1. The summed E-state index contributed by atoms with van der Waals surface area (Å²) in [4.78, 5) is 18.8. The fourth-order valence-electron chi connectivity index (χ4n) is 3.15. The number of fused-ring (bicyclic) bond motifs is 2. The van der Waals surface area contributed by atoms with Crippen LogP contribution in [0, 0.1) is 0 Å². The Morgan fingerprint density at radius 1 is 1.16 bits per heavy atom. The van der Waals surface area contributed by atoms with Crippen molar-refractivity contribution < 1.29 is 8.42 Å². The second kappa shape index (κ2) is 5.68. The van der Waals surface area contributed by atoms with Gasteiger partial charge in [-0.15, -0.1) is 0 Å². The first-order chi connectivity index (χ1) is 11.9. The molecule has 0 saturated carbocycles. The van der Waals surface area contributed by atoms with Crippen molar-refractivity contribution in [2.45, 2.75) is 17.9 Å². The van der Waals surface area contributed by atoms with Crippen molar-refractivity contribution in [3.05, 3.63) is 70.3 Å². The Morgan fingerprint density at radius 2 is 2.00 bits per heavy atom. The first-order valence-electron chi connectivity index (χ1n) is 7.80. The third-order valence-corrected chi connectivity index (χ3v) is 5.26. The molecule has 0 bridgehead atoms. The van der Waals surface area contributed by atoms with Gasteiger partial charge in [-0.25, -0.2) is 18.5 Å². The Labute approximate surface area is 144 Å². The molecule has 2 N–H and O–H groups in total. The van der Waals surface area contributed by atoms with Crippen LogP contribution in [0.5, 0.6) is 0 Å². The average molecular weight is 356 g/mol.